The van der Waals surface area contributed by atoms with Gasteiger partial charge in [-0.05, 0) is 80.3 Å². The van der Waals surface area contributed by atoms with Crippen molar-refractivity contribution in [3.63, 3.8) is 0 Å². The summed E-state index contributed by atoms with van der Waals surface area (Å²) < 4.78 is 40.0. The quantitative estimate of drug-likeness (QED) is 0.123. The maximum atomic E-state index is 13.5. The van der Waals surface area contributed by atoms with Gasteiger partial charge in [0.1, 0.15) is 17.4 Å². The third kappa shape index (κ3) is 7.20. The van der Waals surface area contributed by atoms with Crippen molar-refractivity contribution < 1.29 is 37.3 Å². The molecule has 47 heavy (non-hydrogen) atoms. The zero-order valence-corrected chi connectivity index (χ0v) is 27.7. The van der Waals surface area contributed by atoms with Gasteiger partial charge in [0, 0.05) is 11.8 Å². The molecule has 5 rings (SSSR count). The van der Waals surface area contributed by atoms with E-state index in [9.17, 15) is 18.9 Å². The van der Waals surface area contributed by atoms with Crippen molar-refractivity contribution in [1.82, 2.24) is 14.6 Å². The fourth-order valence-electron chi connectivity index (χ4n) is 6.09. The van der Waals surface area contributed by atoms with E-state index in [1.165, 1.54) is 24.7 Å². The molecule has 0 spiro atoms. The molecule has 4 atom stereocenters. The van der Waals surface area contributed by atoms with Crippen molar-refractivity contribution in [3.05, 3.63) is 65.1 Å². The van der Waals surface area contributed by atoms with Crippen LogP contribution in [0.5, 0.6) is 17.2 Å². The molecular weight excluding hydrogens is 626 g/mol. The number of nitrogens with one attached hydrogen (secondary N) is 2. The number of hydrogen-bond donors (Lipinski definition) is 3. The normalized spacial score (nSPS) is 20.5. The highest BCUT2D eigenvalue weighted by atomic mass is 32.2. The van der Waals surface area contributed by atoms with Crippen LogP contribution in [0.3, 0.4) is 0 Å². The number of fused-ring (bicyclic) bond motifs is 1. The van der Waals surface area contributed by atoms with Crippen LogP contribution in [0, 0.1) is 31.2 Å². The molecule has 1 saturated carbocycles. The molecule has 13 nitrogen and oxygen atoms in total. The first-order valence-electron chi connectivity index (χ1n) is 15.1. The van der Waals surface area contributed by atoms with Crippen LogP contribution in [0.2, 0.25) is 0 Å². The molecule has 1 fully saturated rings. The van der Waals surface area contributed by atoms with Gasteiger partial charge in [0.15, 0.2) is 29.1 Å². The van der Waals surface area contributed by atoms with E-state index in [1.807, 2.05) is 0 Å². The highest BCUT2D eigenvalue weighted by Gasteiger charge is 2.35. The summed E-state index contributed by atoms with van der Waals surface area (Å²) in [5, 5.41) is 12.3. The Labute approximate surface area is 274 Å². The largest absolute Gasteiger partial charge is 0.495 e. The summed E-state index contributed by atoms with van der Waals surface area (Å²) in [6, 6.07) is 9.86. The van der Waals surface area contributed by atoms with Crippen molar-refractivity contribution in [3.8, 4) is 28.6 Å². The lowest BCUT2D eigenvalue weighted by atomic mass is 9.75. The molecule has 2 aromatic heterocycles. The number of nitrogens with zero attached hydrogens (tertiary/aromatic N) is 3. The van der Waals surface area contributed by atoms with Gasteiger partial charge in [-0.2, -0.15) is 4.21 Å². The average molecular weight is 664 g/mol. The van der Waals surface area contributed by atoms with Gasteiger partial charge >= 0.3 is 23.2 Å². The molecule has 0 amide bonds. The summed E-state index contributed by atoms with van der Waals surface area (Å²) in [7, 11) is 1.46. The summed E-state index contributed by atoms with van der Waals surface area (Å²) in [6.07, 6.45) is 2.01. The van der Waals surface area contributed by atoms with Gasteiger partial charge < -0.3 is 23.5 Å². The number of aromatic amines is 1. The molecule has 248 valence electrons. The Bertz CT molecular complexity index is 1870. The number of aromatic nitrogens is 3. The number of anilines is 1. The average Bonchev–Trinajstić information content (AvgIpc) is 3.58. The van der Waals surface area contributed by atoms with E-state index in [0.29, 0.717) is 28.7 Å². The number of ether oxygens (including phenoxy) is 3. The zero-order chi connectivity index (χ0) is 34.0. The van der Waals surface area contributed by atoms with Gasteiger partial charge in [-0.3, -0.25) is 14.3 Å². The third-order valence-electron chi connectivity index (χ3n) is 8.22. The molecule has 0 saturated heterocycles. The smallest absolute Gasteiger partial charge is 0.344 e. The zero-order valence-electron chi connectivity index (χ0n) is 26.9. The SMILES string of the molecule is [C-]#[N+]c1cn2[nH]c(-c3ccc(OC)c(NS(=O)Oc4cc(C)ccc4OC(C)C(=O)O)c3)nc2c1C(=O)OC1C(C)CC(C)CC1C. The lowest BCUT2D eigenvalue weighted by molar-refractivity contribution is -0.144. The van der Waals surface area contributed by atoms with Crippen molar-refractivity contribution in [2.24, 2.45) is 17.8 Å². The maximum absolute atomic E-state index is 13.5. The van der Waals surface area contributed by atoms with E-state index in [0.717, 1.165) is 18.4 Å². The Hall–Kier alpha value is -5.03. The van der Waals surface area contributed by atoms with Crippen LogP contribution >= 0.6 is 0 Å². The molecule has 1 aliphatic carbocycles. The molecular formula is C33H37N5O8S. The number of carboxylic acids is 1. The number of esters is 1. The minimum absolute atomic E-state index is 0.0850. The number of hydrogen-bond acceptors (Lipinski definition) is 8. The monoisotopic (exact) mass is 663 g/mol. The minimum atomic E-state index is -2.16. The van der Waals surface area contributed by atoms with Crippen molar-refractivity contribution in [2.75, 3.05) is 11.8 Å². The molecule has 1 aliphatic rings. The number of aryl methyl sites for hydroxylation is 1. The van der Waals surface area contributed by atoms with Crippen LogP contribution in [-0.2, 0) is 20.8 Å². The second-order valence-electron chi connectivity index (χ2n) is 12.1. The van der Waals surface area contributed by atoms with Crippen LogP contribution < -0.4 is 18.4 Å². The Balaban J connectivity index is 1.40. The van der Waals surface area contributed by atoms with Crippen LogP contribution in [-0.4, -0.2) is 55.2 Å². The predicted octanol–water partition coefficient (Wildman–Crippen LogP) is 6.35. The Morgan fingerprint density at radius 1 is 1.13 bits per heavy atom. The Morgan fingerprint density at radius 2 is 1.83 bits per heavy atom. The first kappa shape index (κ1) is 33.3. The summed E-state index contributed by atoms with van der Waals surface area (Å²) in [5.41, 5.74) is 2.11. The number of benzene rings is 2. The number of aliphatic carboxylic acids is 1. The van der Waals surface area contributed by atoms with Crippen molar-refractivity contribution in [2.45, 2.75) is 59.7 Å². The van der Waals surface area contributed by atoms with Crippen LogP contribution in [0.25, 0.3) is 21.9 Å². The molecule has 14 heteroatoms. The highest BCUT2D eigenvalue weighted by molar-refractivity contribution is 7.82. The molecule has 2 heterocycles. The number of carbonyl (C=O) groups is 2. The van der Waals surface area contributed by atoms with Crippen molar-refractivity contribution >= 4 is 40.2 Å². The predicted molar refractivity (Wildman–Crippen MR) is 175 cm³/mol. The van der Waals surface area contributed by atoms with Crippen LogP contribution in [0.1, 0.15) is 56.5 Å². The van der Waals surface area contributed by atoms with Gasteiger partial charge in [0.05, 0.1) is 19.4 Å². The molecule has 2 aromatic carbocycles. The number of H-pyrrole nitrogens is 1. The fourth-order valence-corrected chi connectivity index (χ4v) is 6.76. The fraction of sp³-hybridized carbons (Fsp3) is 0.394. The first-order valence-corrected chi connectivity index (χ1v) is 16.2. The number of carboxylic acid groups (broad SMARTS) is 1. The van der Waals surface area contributed by atoms with Gasteiger partial charge in [-0.15, -0.1) is 0 Å². The van der Waals surface area contributed by atoms with E-state index in [4.69, 9.17) is 25.0 Å². The second-order valence-corrected chi connectivity index (χ2v) is 12.9. The molecule has 4 unspecified atom stereocenters. The summed E-state index contributed by atoms with van der Waals surface area (Å²) in [6.45, 7) is 17.2. The molecule has 0 radical (unpaired) electrons. The van der Waals surface area contributed by atoms with Crippen LogP contribution in [0.15, 0.2) is 42.6 Å². The topological polar surface area (TPSA) is 158 Å². The van der Waals surface area contributed by atoms with E-state index in [-0.39, 0.29) is 46.3 Å². The van der Waals surface area contributed by atoms with E-state index in [2.05, 4.69) is 40.4 Å². The summed E-state index contributed by atoms with van der Waals surface area (Å²) in [5.74, 6) is 0.117. The molecule has 0 aliphatic heterocycles. The number of rotatable bonds is 11. The van der Waals surface area contributed by atoms with E-state index < -0.39 is 29.3 Å². The van der Waals surface area contributed by atoms with Gasteiger partial charge in [0.25, 0.3) is 0 Å². The number of carbonyl (C=O) groups excluding carboxylic acids is 1. The molecule has 0 bridgehead atoms. The Morgan fingerprint density at radius 3 is 2.49 bits per heavy atom. The van der Waals surface area contributed by atoms with Crippen molar-refractivity contribution in [1.29, 1.82) is 0 Å². The van der Waals surface area contributed by atoms with Gasteiger partial charge in [-0.25, -0.2) is 19.4 Å². The summed E-state index contributed by atoms with van der Waals surface area (Å²) >= 11 is -2.16. The lowest BCUT2D eigenvalue weighted by Crippen LogP contribution is -2.37. The van der Waals surface area contributed by atoms with E-state index in [1.54, 1.807) is 43.3 Å². The van der Waals surface area contributed by atoms with E-state index >= 15 is 0 Å². The minimum Gasteiger partial charge on any atom is -0.495 e. The second kappa shape index (κ2) is 13.8. The standard InChI is InChI=1S/C33H37N5O8S/c1-17-8-10-26(44-21(5)32(39)40)27(14-17)46-47(42)37-23-15-22(9-11-25(23)43-7)30-35-31-28(24(34-6)16-38(31)36-30)33(41)45-29-19(3)12-18(2)13-20(29)4/h8-11,14-16,18-21,29,37H,12-13H2,1-5,7H3,(H,35,36)(H,39,40). The number of methoxy groups -OCH3 is 1. The molecule has 4 aromatic rings. The van der Waals surface area contributed by atoms with Gasteiger partial charge in [-0.1, -0.05) is 26.8 Å². The van der Waals surface area contributed by atoms with Gasteiger partial charge in [0.2, 0.25) is 5.69 Å². The van der Waals surface area contributed by atoms with Crippen LogP contribution in [0.4, 0.5) is 11.4 Å². The first-order chi connectivity index (χ1) is 22.4. The highest BCUT2D eigenvalue weighted by Crippen LogP contribution is 2.38. The summed E-state index contributed by atoms with van der Waals surface area (Å²) in [4.78, 5) is 33.0. The molecule has 3 N–H and O–H groups in total. The Kier molecular flexibility index (Phi) is 9.76. The lowest BCUT2D eigenvalue weighted by Gasteiger charge is -2.37. The maximum Gasteiger partial charge on any atom is 0.344 e. The third-order valence-corrected chi connectivity index (χ3v) is 8.94.